The second-order valence-corrected chi connectivity index (χ2v) is 6.88. The van der Waals surface area contributed by atoms with Crippen molar-refractivity contribution in [2.24, 2.45) is 10.9 Å². The van der Waals surface area contributed by atoms with E-state index in [2.05, 4.69) is 30.1 Å². The fourth-order valence-corrected chi connectivity index (χ4v) is 3.68. The number of nitrogens with zero attached hydrogens (tertiary/aromatic N) is 3. The lowest BCUT2D eigenvalue weighted by atomic mass is 9.96. The smallest absolute Gasteiger partial charge is 0.143 e. The number of rotatable bonds is 2. The zero-order valence-corrected chi connectivity index (χ0v) is 13.3. The molecule has 0 spiro atoms. The first-order valence-corrected chi connectivity index (χ1v) is 8.47. The van der Waals surface area contributed by atoms with Crippen LogP contribution in [0.5, 0.6) is 0 Å². The first-order valence-electron chi connectivity index (χ1n) is 7.65. The number of hydrogen-bond acceptors (Lipinski definition) is 4. The quantitative estimate of drug-likeness (QED) is 0.695. The highest BCUT2D eigenvalue weighted by atomic mass is 32.1. The van der Waals surface area contributed by atoms with Gasteiger partial charge in [-0.1, -0.05) is 19.1 Å². The van der Waals surface area contributed by atoms with E-state index in [0.717, 1.165) is 29.2 Å². The molecule has 3 nitrogen and oxygen atoms in total. The van der Waals surface area contributed by atoms with Gasteiger partial charge in [0.25, 0.3) is 0 Å². The molecule has 0 bridgehead atoms. The Bertz CT molecular complexity index is 836. The standard InChI is InChI=1S/C18H17N3S/c1-12-5-7-14(20-11-12)13-6-8-17-16(10-13)21-18(22-17)15-4-2-3-9-19-15/h2-4,6,8-10,12H,5,7,11H2,1H3/t12-/m0/s1. The van der Waals surface area contributed by atoms with Crippen molar-refractivity contribution < 1.29 is 0 Å². The predicted octanol–water partition coefficient (Wildman–Crippen LogP) is 4.58. The third-order valence-corrected chi connectivity index (χ3v) is 5.13. The van der Waals surface area contributed by atoms with Gasteiger partial charge >= 0.3 is 0 Å². The summed E-state index contributed by atoms with van der Waals surface area (Å²) in [5.74, 6) is 0.711. The highest BCUT2D eigenvalue weighted by molar-refractivity contribution is 7.21. The van der Waals surface area contributed by atoms with Gasteiger partial charge in [0.1, 0.15) is 5.01 Å². The largest absolute Gasteiger partial charge is 0.289 e. The molecule has 4 rings (SSSR count). The molecule has 0 saturated heterocycles. The lowest BCUT2D eigenvalue weighted by Crippen LogP contribution is -2.14. The molecular formula is C18H17N3S. The van der Waals surface area contributed by atoms with Crippen LogP contribution < -0.4 is 0 Å². The fraction of sp³-hybridized carbons (Fsp3) is 0.278. The molecule has 1 atom stereocenters. The molecular weight excluding hydrogens is 290 g/mol. The molecule has 0 saturated carbocycles. The molecule has 0 amide bonds. The van der Waals surface area contributed by atoms with Gasteiger partial charge in [-0.2, -0.15) is 0 Å². The van der Waals surface area contributed by atoms with E-state index in [4.69, 9.17) is 9.98 Å². The normalized spacial score (nSPS) is 18.4. The van der Waals surface area contributed by atoms with Crippen molar-refractivity contribution in [2.45, 2.75) is 19.8 Å². The topological polar surface area (TPSA) is 38.1 Å². The van der Waals surface area contributed by atoms with E-state index in [0.29, 0.717) is 5.92 Å². The molecule has 0 fully saturated rings. The SMILES string of the molecule is C[C@H]1CCC(c2ccc3sc(-c4ccccn4)nc3c2)=NC1. The Morgan fingerprint density at radius 3 is 2.91 bits per heavy atom. The average Bonchev–Trinajstić information content (AvgIpc) is 2.99. The first kappa shape index (κ1) is 13.6. The molecule has 1 aliphatic rings. The maximum Gasteiger partial charge on any atom is 0.143 e. The summed E-state index contributed by atoms with van der Waals surface area (Å²) in [6, 6.07) is 12.4. The summed E-state index contributed by atoms with van der Waals surface area (Å²) >= 11 is 1.69. The van der Waals surface area contributed by atoms with Gasteiger partial charge < -0.3 is 0 Å². The summed E-state index contributed by atoms with van der Waals surface area (Å²) in [5, 5.41) is 0.979. The van der Waals surface area contributed by atoms with Gasteiger partial charge in [0.05, 0.1) is 15.9 Å². The maximum absolute atomic E-state index is 4.75. The molecule has 3 aromatic rings. The highest BCUT2D eigenvalue weighted by Gasteiger charge is 2.14. The van der Waals surface area contributed by atoms with E-state index < -0.39 is 0 Å². The van der Waals surface area contributed by atoms with Crippen LogP contribution >= 0.6 is 11.3 Å². The molecule has 2 aromatic heterocycles. The molecule has 0 N–H and O–H groups in total. The number of aromatic nitrogens is 2. The highest BCUT2D eigenvalue weighted by Crippen LogP contribution is 2.30. The second kappa shape index (κ2) is 5.61. The van der Waals surface area contributed by atoms with Crippen LogP contribution in [0, 0.1) is 5.92 Å². The maximum atomic E-state index is 4.75. The lowest BCUT2D eigenvalue weighted by molar-refractivity contribution is 0.538. The number of fused-ring (bicyclic) bond motifs is 1. The van der Waals surface area contributed by atoms with Gasteiger partial charge in [-0.3, -0.25) is 9.98 Å². The lowest BCUT2D eigenvalue weighted by Gasteiger charge is -2.17. The minimum atomic E-state index is 0.711. The molecule has 0 unspecified atom stereocenters. The van der Waals surface area contributed by atoms with Crippen LogP contribution in [0.25, 0.3) is 20.9 Å². The van der Waals surface area contributed by atoms with Crippen molar-refractivity contribution in [3.63, 3.8) is 0 Å². The number of pyridine rings is 1. The fourth-order valence-electron chi connectivity index (χ4n) is 2.76. The molecule has 1 aromatic carbocycles. The van der Waals surface area contributed by atoms with Crippen molar-refractivity contribution in [2.75, 3.05) is 6.54 Å². The van der Waals surface area contributed by atoms with Gasteiger partial charge in [0.2, 0.25) is 0 Å². The zero-order chi connectivity index (χ0) is 14.9. The van der Waals surface area contributed by atoms with Crippen LogP contribution in [0.15, 0.2) is 47.6 Å². The first-order chi connectivity index (χ1) is 10.8. The van der Waals surface area contributed by atoms with Gasteiger partial charge in [0.15, 0.2) is 0 Å². The molecule has 4 heteroatoms. The van der Waals surface area contributed by atoms with E-state index in [9.17, 15) is 0 Å². The summed E-state index contributed by atoms with van der Waals surface area (Å²) in [4.78, 5) is 13.9. The Morgan fingerprint density at radius 1 is 1.18 bits per heavy atom. The minimum absolute atomic E-state index is 0.711. The number of thiazole rings is 1. The second-order valence-electron chi connectivity index (χ2n) is 5.85. The third-order valence-electron chi connectivity index (χ3n) is 4.07. The molecule has 3 heterocycles. The van der Waals surface area contributed by atoms with Gasteiger partial charge in [-0.05, 0) is 48.6 Å². The summed E-state index contributed by atoms with van der Waals surface area (Å²) in [6.45, 7) is 3.21. The van der Waals surface area contributed by atoms with Gasteiger partial charge in [-0.15, -0.1) is 11.3 Å². The third kappa shape index (κ3) is 2.55. The predicted molar refractivity (Wildman–Crippen MR) is 92.7 cm³/mol. The van der Waals surface area contributed by atoms with Crippen molar-refractivity contribution in [1.29, 1.82) is 0 Å². The summed E-state index contributed by atoms with van der Waals surface area (Å²) < 4.78 is 1.20. The van der Waals surface area contributed by atoms with E-state index in [-0.39, 0.29) is 0 Å². The minimum Gasteiger partial charge on any atom is -0.289 e. The Labute approximate surface area is 133 Å². The monoisotopic (exact) mass is 307 g/mol. The van der Waals surface area contributed by atoms with Crippen LogP contribution in [0.1, 0.15) is 25.3 Å². The molecule has 0 radical (unpaired) electrons. The Morgan fingerprint density at radius 2 is 2.14 bits per heavy atom. The Kier molecular flexibility index (Phi) is 3.47. The zero-order valence-electron chi connectivity index (χ0n) is 12.5. The van der Waals surface area contributed by atoms with Crippen LogP contribution in [0.3, 0.4) is 0 Å². The van der Waals surface area contributed by atoms with Crippen LogP contribution in [-0.4, -0.2) is 22.2 Å². The Balaban J connectivity index is 1.72. The Hall–Kier alpha value is -2.07. The van der Waals surface area contributed by atoms with Crippen LogP contribution in [0.2, 0.25) is 0 Å². The summed E-state index contributed by atoms with van der Waals surface area (Å²) in [7, 11) is 0. The van der Waals surface area contributed by atoms with Crippen LogP contribution in [0.4, 0.5) is 0 Å². The molecule has 110 valence electrons. The van der Waals surface area contributed by atoms with Crippen molar-refractivity contribution in [3.8, 4) is 10.7 Å². The van der Waals surface area contributed by atoms with Crippen molar-refractivity contribution in [1.82, 2.24) is 9.97 Å². The summed E-state index contributed by atoms with van der Waals surface area (Å²) in [6.07, 6.45) is 4.11. The number of benzene rings is 1. The van der Waals surface area contributed by atoms with Gasteiger partial charge in [0, 0.05) is 18.5 Å². The van der Waals surface area contributed by atoms with E-state index in [1.807, 2.05) is 24.4 Å². The summed E-state index contributed by atoms with van der Waals surface area (Å²) in [5.41, 5.74) is 4.43. The number of hydrogen-bond donors (Lipinski definition) is 0. The van der Waals surface area contributed by atoms with Gasteiger partial charge in [-0.25, -0.2) is 4.98 Å². The van der Waals surface area contributed by atoms with E-state index in [1.165, 1.54) is 22.4 Å². The molecule has 0 aliphatic carbocycles. The number of aliphatic imine (C=N–C) groups is 1. The van der Waals surface area contributed by atoms with Crippen molar-refractivity contribution in [3.05, 3.63) is 48.2 Å². The van der Waals surface area contributed by atoms with E-state index in [1.54, 1.807) is 11.3 Å². The average molecular weight is 307 g/mol. The molecule has 1 aliphatic heterocycles. The van der Waals surface area contributed by atoms with Crippen LogP contribution in [-0.2, 0) is 0 Å². The molecule has 22 heavy (non-hydrogen) atoms. The van der Waals surface area contributed by atoms with E-state index >= 15 is 0 Å². The van der Waals surface area contributed by atoms with Crippen molar-refractivity contribution >= 4 is 27.3 Å².